The van der Waals surface area contributed by atoms with Crippen LogP contribution >= 0.6 is 0 Å². The first-order valence-corrected chi connectivity index (χ1v) is 4.27. The zero-order valence-electron chi connectivity index (χ0n) is 7.89. The minimum Gasteiger partial charge on any atom is -0.508 e. The van der Waals surface area contributed by atoms with Gasteiger partial charge in [0.25, 0.3) is 0 Å². The molecule has 0 aliphatic heterocycles. The number of hydrogen-bond donors (Lipinski definition) is 2. The van der Waals surface area contributed by atoms with Crippen LogP contribution in [0.2, 0.25) is 0 Å². The summed E-state index contributed by atoms with van der Waals surface area (Å²) in [7, 11) is 1.81. The Bertz CT molecular complexity index is 299. The number of aryl methyl sites for hydroxylation is 1. The third kappa shape index (κ3) is 2.42. The third-order valence-corrected chi connectivity index (χ3v) is 1.96. The van der Waals surface area contributed by atoms with Gasteiger partial charge in [0.05, 0.1) is 0 Å². The quantitative estimate of drug-likeness (QED) is 0.746. The number of halogens is 1. The van der Waals surface area contributed by atoms with Gasteiger partial charge < -0.3 is 10.4 Å². The second kappa shape index (κ2) is 4.23. The molecule has 0 fully saturated rings. The molecule has 0 spiro atoms. The monoisotopic (exact) mass is 183 g/mol. The predicted octanol–water partition coefficient (Wildman–Crippen LogP) is 1.60. The molecule has 1 rings (SSSR count). The van der Waals surface area contributed by atoms with Crippen LogP contribution in [-0.2, 0) is 6.42 Å². The van der Waals surface area contributed by atoms with Crippen molar-refractivity contribution in [3.05, 3.63) is 29.1 Å². The zero-order chi connectivity index (χ0) is 9.84. The Morgan fingerprint density at radius 3 is 2.77 bits per heavy atom. The SMILES string of the molecule is CNCCc1cc(O)cc(C)c1F. The summed E-state index contributed by atoms with van der Waals surface area (Å²) in [6.45, 7) is 2.36. The van der Waals surface area contributed by atoms with Crippen molar-refractivity contribution in [2.45, 2.75) is 13.3 Å². The number of nitrogens with one attached hydrogen (secondary N) is 1. The fourth-order valence-corrected chi connectivity index (χ4v) is 1.26. The summed E-state index contributed by atoms with van der Waals surface area (Å²) in [6, 6.07) is 2.90. The standard InChI is InChI=1S/C10H14FNO/c1-7-5-9(13)6-8(10(7)11)3-4-12-2/h5-6,12-13H,3-4H2,1-2H3. The van der Waals surface area contributed by atoms with Crippen LogP contribution in [0.4, 0.5) is 4.39 Å². The van der Waals surface area contributed by atoms with E-state index in [1.165, 1.54) is 12.1 Å². The van der Waals surface area contributed by atoms with E-state index in [0.29, 0.717) is 24.1 Å². The second-order valence-electron chi connectivity index (χ2n) is 3.09. The zero-order valence-corrected chi connectivity index (χ0v) is 7.89. The normalized spacial score (nSPS) is 10.4. The number of aromatic hydroxyl groups is 1. The van der Waals surface area contributed by atoms with Gasteiger partial charge in [-0.05, 0) is 50.2 Å². The maximum atomic E-state index is 13.4. The van der Waals surface area contributed by atoms with Gasteiger partial charge in [-0.3, -0.25) is 0 Å². The maximum Gasteiger partial charge on any atom is 0.129 e. The molecule has 0 radical (unpaired) electrons. The summed E-state index contributed by atoms with van der Waals surface area (Å²) < 4.78 is 13.4. The minimum atomic E-state index is -0.215. The maximum absolute atomic E-state index is 13.4. The van der Waals surface area contributed by atoms with Crippen molar-refractivity contribution in [3.8, 4) is 5.75 Å². The molecule has 13 heavy (non-hydrogen) atoms. The highest BCUT2D eigenvalue weighted by atomic mass is 19.1. The van der Waals surface area contributed by atoms with E-state index in [0.717, 1.165) is 0 Å². The van der Waals surface area contributed by atoms with Gasteiger partial charge in [-0.1, -0.05) is 0 Å². The molecule has 0 aliphatic rings. The molecular formula is C10H14FNO. The Hall–Kier alpha value is -1.09. The molecule has 1 aromatic carbocycles. The smallest absolute Gasteiger partial charge is 0.129 e. The van der Waals surface area contributed by atoms with Crippen molar-refractivity contribution in [1.29, 1.82) is 0 Å². The molecule has 0 saturated heterocycles. The van der Waals surface area contributed by atoms with E-state index >= 15 is 0 Å². The van der Waals surface area contributed by atoms with E-state index < -0.39 is 0 Å². The molecule has 2 nitrogen and oxygen atoms in total. The molecule has 0 heterocycles. The van der Waals surface area contributed by atoms with Crippen LogP contribution in [0, 0.1) is 12.7 Å². The van der Waals surface area contributed by atoms with E-state index in [1.54, 1.807) is 6.92 Å². The Kier molecular flexibility index (Phi) is 3.25. The molecule has 0 aliphatic carbocycles. The van der Waals surface area contributed by atoms with Gasteiger partial charge in [0.2, 0.25) is 0 Å². The van der Waals surface area contributed by atoms with Crippen molar-refractivity contribution in [3.63, 3.8) is 0 Å². The summed E-state index contributed by atoms with van der Waals surface area (Å²) in [5, 5.41) is 12.2. The van der Waals surface area contributed by atoms with Crippen molar-refractivity contribution in [2.75, 3.05) is 13.6 Å². The molecular weight excluding hydrogens is 169 g/mol. The van der Waals surface area contributed by atoms with Gasteiger partial charge in [0.1, 0.15) is 11.6 Å². The molecule has 0 atom stereocenters. The molecule has 2 N–H and O–H groups in total. The van der Waals surface area contributed by atoms with Gasteiger partial charge >= 0.3 is 0 Å². The topological polar surface area (TPSA) is 32.3 Å². The fraction of sp³-hybridized carbons (Fsp3) is 0.400. The van der Waals surface area contributed by atoms with Gasteiger partial charge in [-0.2, -0.15) is 0 Å². The Labute approximate surface area is 77.4 Å². The lowest BCUT2D eigenvalue weighted by atomic mass is 10.1. The first-order valence-electron chi connectivity index (χ1n) is 4.27. The highest BCUT2D eigenvalue weighted by molar-refractivity contribution is 5.34. The predicted molar refractivity (Wildman–Crippen MR) is 50.4 cm³/mol. The lowest BCUT2D eigenvalue weighted by Crippen LogP contribution is -2.11. The van der Waals surface area contributed by atoms with Gasteiger partial charge in [-0.15, -0.1) is 0 Å². The fourth-order valence-electron chi connectivity index (χ4n) is 1.26. The Morgan fingerprint density at radius 1 is 1.46 bits per heavy atom. The second-order valence-corrected chi connectivity index (χ2v) is 3.09. The van der Waals surface area contributed by atoms with Crippen LogP contribution in [0.1, 0.15) is 11.1 Å². The third-order valence-electron chi connectivity index (χ3n) is 1.96. The number of phenols is 1. The first kappa shape index (κ1) is 9.99. The molecule has 0 bridgehead atoms. The molecule has 0 unspecified atom stereocenters. The summed E-state index contributed by atoms with van der Waals surface area (Å²) in [5.41, 5.74) is 1.05. The number of benzene rings is 1. The van der Waals surface area contributed by atoms with Gasteiger partial charge in [0.15, 0.2) is 0 Å². The minimum absolute atomic E-state index is 0.130. The summed E-state index contributed by atoms with van der Waals surface area (Å²) in [5.74, 6) is -0.0851. The highest BCUT2D eigenvalue weighted by Gasteiger charge is 2.06. The largest absolute Gasteiger partial charge is 0.508 e. The summed E-state index contributed by atoms with van der Waals surface area (Å²) in [6.07, 6.45) is 0.595. The average Bonchev–Trinajstić information content (AvgIpc) is 2.09. The molecule has 1 aromatic rings. The van der Waals surface area contributed by atoms with Crippen molar-refractivity contribution in [1.82, 2.24) is 5.32 Å². The van der Waals surface area contributed by atoms with Crippen LogP contribution in [0.3, 0.4) is 0 Å². The number of hydrogen-bond acceptors (Lipinski definition) is 2. The van der Waals surface area contributed by atoms with E-state index in [9.17, 15) is 9.50 Å². The molecule has 3 heteroatoms. The van der Waals surface area contributed by atoms with Crippen LogP contribution in [0.5, 0.6) is 5.75 Å². The molecule has 0 amide bonds. The number of rotatable bonds is 3. The van der Waals surface area contributed by atoms with E-state index in [-0.39, 0.29) is 11.6 Å². The average molecular weight is 183 g/mol. The van der Waals surface area contributed by atoms with Crippen molar-refractivity contribution >= 4 is 0 Å². The van der Waals surface area contributed by atoms with Crippen LogP contribution in [0.15, 0.2) is 12.1 Å². The number of likely N-dealkylation sites (N-methyl/N-ethyl adjacent to an activating group) is 1. The van der Waals surface area contributed by atoms with E-state index in [4.69, 9.17) is 0 Å². The lowest BCUT2D eigenvalue weighted by Gasteiger charge is -2.06. The van der Waals surface area contributed by atoms with Crippen molar-refractivity contribution in [2.24, 2.45) is 0 Å². The van der Waals surface area contributed by atoms with Crippen molar-refractivity contribution < 1.29 is 9.50 Å². The Balaban J connectivity index is 2.92. The molecule has 72 valence electrons. The van der Waals surface area contributed by atoms with Gasteiger partial charge in [-0.25, -0.2) is 4.39 Å². The van der Waals surface area contributed by atoms with Crippen LogP contribution < -0.4 is 5.32 Å². The lowest BCUT2D eigenvalue weighted by molar-refractivity contribution is 0.470. The Morgan fingerprint density at radius 2 is 2.15 bits per heavy atom. The van der Waals surface area contributed by atoms with E-state index in [2.05, 4.69) is 5.32 Å². The highest BCUT2D eigenvalue weighted by Crippen LogP contribution is 2.19. The number of phenolic OH excluding ortho intramolecular Hbond substituents is 1. The summed E-state index contributed by atoms with van der Waals surface area (Å²) >= 11 is 0. The molecule has 0 saturated carbocycles. The summed E-state index contributed by atoms with van der Waals surface area (Å²) in [4.78, 5) is 0. The first-order chi connectivity index (χ1) is 6.15. The van der Waals surface area contributed by atoms with Crippen LogP contribution in [-0.4, -0.2) is 18.7 Å². The van der Waals surface area contributed by atoms with Gasteiger partial charge in [0, 0.05) is 0 Å². The molecule has 0 aromatic heterocycles. The van der Waals surface area contributed by atoms with E-state index in [1.807, 2.05) is 7.05 Å². The van der Waals surface area contributed by atoms with Crippen LogP contribution in [0.25, 0.3) is 0 Å².